The largest absolute Gasteiger partial charge is 0.423 e. The van der Waals surface area contributed by atoms with Gasteiger partial charge in [0.1, 0.15) is 11.3 Å². The zero-order valence-electron chi connectivity index (χ0n) is 9.69. The molecule has 2 aromatic rings. The van der Waals surface area contributed by atoms with Crippen LogP contribution in [0, 0.1) is 5.82 Å². The summed E-state index contributed by atoms with van der Waals surface area (Å²) in [4.78, 5) is 8.73. The summed E-state index contributed by atoms with van der Waals surface area (Å²) in [7, 11) is 2.10. The number of aromatic nitrogens is 1. The average Bonchev–Trinajstić information content (AvgIpc) is 2.72. The highest BCUT2D eigenvalue weighted by Crippen LogP contribution is 2.23. The third kappa shape index (κ3) is 1.98. The lowest BCUT2D eigenvalue weighted by molar-refractivity contribution is 0.305. The minimum atomic E-state index is -0.293. The molecule has 0 saturated carbocycles. The first-order valence-electron chi connectivity index (χ1n) is 5.72. The van der Waals surface area contributed by atoms with Crippen molar-refractivity contribution in [3.63, 3.8) is 0 Å². The smallest absolute Gasteiger partial charge is 0.298 e. The van der Waals surface area contributed by atoms with Gasteiger partial charge in [-0.05, 0) is 19.2 Å². The second kappa shape index (κ2) is 4.00. The molecule has 0 bridgehead atoms. The molecule has 0 radical (unpaired) electrons. The van der Waals surface area contributed by atoms with E-state index in [1.165, 1.54) is 12.1 Å². The number of rotatable bonds is 1. The number of nitrogens with zero attached hydrogens (tertiary/aromatic N) is 3. The lowest BCUT2D eigenvalue weighted by Crippen LogP contribution is -2.44. The van der Waals surface area contributed by atoms with Crippen LogP contribution in [0.5, 0.6) is 0 Å². The Morgan fingerprint density at radius 1 is 1.24 bits per heavy atom. The van der Waals surface area contributed by atoms with Gasteiger partial charge in [0.15, 0.2) is 5.58 Å². The number of likely N-dealkylation sites (N-methyl/N-ethyl adjacent to an activating group) is 1. The molecule has 0 N–H and O–H groups in total. The molecule has 1 aromatic heterocycles. The van der Waals surface area contributed by atoms with Crippen LogP contribution in [-0.2, 0) is 0 Å². The molecular formula is C12H14FN3O. The van der Waals surface area contributed by atoms with Gasteiger partial charge < -0.3 is 14.2 Å². The molecule has 0 spiro atoms. The maximum absolute atomic E-state index is 13.0. The van der Waals surface area contributed by atoms with Crippen molar-refractivity contribution in [1.29, 1.82) is 0 Å². The van der Waals surface area contributed by atoms with E-state index in [1.807, 2.05) is 0 Å². The molecule has 5 heteroatoms. The fourth-order valence-electron chi connectivity index (χ4n) is 2.02. The van der Waals surface area contributed by atoms with E-state index in [0.717, 1.165) is 26.2 Å². The lowest BCUT2D eigenvalue weighted by Gasteiger charge is -2.31. The molecule has 0 amide bonds. The molecule has 0 atom stereocenters. The highest BCUT2D eigenvalue weighted by Gasteiger charge is 2.18. The van der Waals surface area contributed by atoms with Crippen LogP contribution in [-0.4, -0.2) is 43.1 Å². The number of anilines is 1. The summed E-state index contributed by atoms with van der Waals surface area (Å²) < 4.78 is 18.6. The van der Waals surface area contributed by atoms with Gasteiger partial charge in [-0.1, -0.05) is 0 Å². The summed E-state index contributed by atoms with van der Waals surface area (Å²) in [6.45, 7) is 3.78. The zero-order chi connectivity index (χ0) is 11.8. The predicted octanol–water partition coefficient (Wildman–Crippen LogP) is 1.72. The Balaban J connectivity index is 1.90. The van der Waals surface area contributed by atoms with Gasteiger partial charge in [-0.15, -0.1) is 0 Å². The van der Waals surface area contributed by atoms with Crippen molar-refractivity contribution in [1.82, 2.24) is 9.88 Å². The van der Waals surface area contributed by atoms with Crippen molar-refractivity contribution < 1.29 is 8.81 Å². The number of piperazine rings is 1. The maximum atomic E-state index is 13.0. The topological polar surface area (TPSA) is 32.5 Å². The lowest BCUT2D eigenvalue weighted by atomic mass is 10.3. The quantitative estimate of drug-likeness (QED) is 0.753. The average molecular weight is 235 g/mol. The second-order valence-electron chi connectivity index (χ2n) is 4.40. The van der Waals surface area contributed by atoms with Gasteiger partial charge in [0, 0.05) is 32.2 Å². The number of hydrogen-bond acceptors (Lipinski definition) is 4. The van der Waals surface area contributed by atoms with Crippen LogP contribution < -0.4 is 4.90 Å². The van der Waals surface area contributed by atoms with Crippen molar-refractivity contribution in [2.24, 2.45) is 0 Å². The molecule has 1 aliphatic rings. The monoisotopic (exact) mass is 235 g/mol. The first kappa shape index (κ1) is 10.5. The van der Waals surface area contributed by atoms with Gasteiger partial charge >= 0.3 is 0 Å². The Hall–Kier alpha value is -1.62. The summed E-state index contributed by atoms with van der Waals surface area (Å²) in [5, 5.41) is 0. The summed E-state index contributed by atoms with van der Waals surface area (Å²) >= 11 is 0. The van der Waals surface area contributed by atoms with Gasteiger partial charge in [-0.3, -0.25) is 0 Å². The molecular weight excluding hydrogens is 221 g/mol. The molecule has 90 valence electrons. The first-order chi connectivity index (χ1) is 8.22. The summed E-state index contributed by atoms with van der Waals surface area (Å²) in [5.41, 5.74) is 1.22. The summed E-state index contributed by atoms with van der Waals surface area (Å²) in [6, 6.07) is 5.02. The summed E-state index contributed by atoms with van der Waals surface area (Å²) in [5.74, 6) is -0.293. The number of halogens is 1. The minimum Gasteiger partial charge on any atom is -0.423 e. The van der Waals surface area contributed by atoms with E-state index in [0.29, 0.717) is 17.1 Å². The number of hydrogen-bond donors (Lipinski definition) is 0. The zero-order valence-corrected chi connectivity index (χ0v) is 9.69. The molecule has 1 aliphatic heterocycles. The van der Waals surface area contributed by atoms with E-state index in [9.17, 15) is 4.39 Å². The van der Waals surface area contributed by atoms with Crippen LogP contribution in [0.1, 0.15) is 0 Å². The van der Waals surface area contributed by atoms with E-state index in [1.54, 1.807) is 6.07 Å². The fraction of sp³-hybridized carbons (Fsp3) is 0.417. The Kier molecular flexibility index (Phi) is 2.48. The van der Waals surface area contributed by atoms with Crippen LogP contribution in [0.3, 0.4) is 0 Å². The SMILES string of the molecule is CN1CCN(c2nc3ccc(F)cc3o2)CC1. The van der Waals surface area contributed by atoms with Gasteiger partial charge in [-0.25, -0.2) is 4.39 Å². The van der Waals surface area contributed by atoms with Gasteiger partial charge in [0.2, 0.25) is 0 Å². The molecule has 1 saturated heterocycles. The van der Waals surface area contributed by atoms with Crippen LogP contribution in [0.25, 0.3) is 11.1 Å². The Morgan fingerprint density at radius 3 is 2.76 bits per heavy atom. The van der Waals surface area contributed by atoms with Crippen molar-refractivity contribution in [2.75, 3.05) is 38.1 Å². The minimum absolute atomic E-state index is 0.293. The molecule has 2 heterocycles. The standard InChI is InChI=1S/C12H14FN3O/c1-15-4-6-16(7-5-15)12-14-10-3-2-9(13)8-11(10)17-12/h2-3,8H,4-7H2,1H3. The third-order valence-electron chi connectivity index (χ3n) is 3.11. The van der Waals surface area contributed by atoms with E-state index in [4.69, 9.17) is 4.42 Å². The molecule has 17 heavy (non-hydrogen) atoms. The van der Waals surface area contributed by atoms with Crippen molar-refractivity contribution in [2.45, 2.75) is 0 Å². The van der Waals surface area contributed by atoms with Gasteiger partial charge in [-0.2, -0.15) is 4.98 Å². The second-order valence-corrected chi connectivity index (χ2v) is 4.40. The van der Waals surface area contributed by atoms with Crippen molar-refractivity contribution in [3.8, 4) is 0 Å². The number of benzene rings is 1. The van der Waals surface area contributed by atoms with Crippen LogP contribution in [0.2, 0.25) is 0 Å². The molecule has 4 nitrogen and oxygen atoms in total. The molecule has 0 unspecified atom stereocenters. The molecule has 1 fully saturated rings. The van der Waals surface area contributed by atoms with E-state index < -0.39 is 0 Å². The predicted molar refractivity (Wildman–Crippen MR) is 63.7 cm³/mol. The molecule has 0 aliphatic carbocycles. The maximum Gasteiger partial charge on any atom is 0.298 e. The number of fused-ring (bicyclic) bond motifs is 1. The summed E-state index contributed by atoms with van der Waals surface area (Å²) in [6.07, 6.45) is 0. The van der Waals surface area contributed by atoms with Gasteiger partial charge in [0.05, 0.1) is 0 Å². The van der Waals surface area contributed by atoms with Gasteiger partial charge in [0.25, 0.3) is 6.01 Å². The van der Waals surface area contributed by atoms with E-state index >= 15 is 0 Å². The first-order valence-corrected chi connectivity index (χ1v) is 5.72. The Labute approximate surface area is 98.6 Å². The number of oxazole rings is 1. The van der Waals surface area contributed by atoms with Crippen molar-refractivity contribution >= 4 is 17.1 Å². The molecule has 3 rings (SSSR count). The highest BCUT2D eigenvalue weighted by atomic mass is 19.1. The van der Waals surface area contributed by atoms with Crippen LogP contribution in [0.15, 0.2) is 22.6 Å². The fourth-order valence-corrected chi connectivity index (χ4v) is 2.02. The highest BCUT2D eigenvalue weighted by molar-refractivity contribution is 5.74. The Bertz CT molecular complexity index is 532. The molecule has 1 aromatic carbocycles. The van der Waals surface area contributed by atoms with Crippen molar-refractivity contribution in [3.05, 3.63) is 24.0 Å². The third-order valence-corrected chi connectivity index (χ3v) is 3.11. The van der Waals surface area contributed by atoms with Crippen LogP contribution >= 0.6 is 0 Å². The van der Waals surface area contributed by atoms with E-state index in [2.05, 4.69) is 21.8 Å². The normalized spacial score (nSPS) is 17.9. The van der Waals surface area contributed by atoms with Crippen LogP contribution in [0.4, 0.5) is 10.4 Å². The Morgan fingerprint density at radius 2 is 2.00 bits per heavy atom. The van der Waals surface area contributed by atoms with E-state index in [-0.39, 0.29) is 5.82 Å².